The van der Waals surface area contributed by atoms with Crippen LogP contribution in [0.4, 0.5) is 0 Å². The molecule has 0 aliphatic carbocycles. The Kier molecular flexibility index (Phi) is 7.39. The van der Waals surface area contributed by atoms with Gasteiger partial charge in [0.1, 0.15) is 0 Å². The van der Waals surface area contributed by atoms with Crippen molar-refractivity contribution in [1.82, 2.24) is 13.5 Å². The summed E-state index contributed by atoms with van der Waals surface area (Å²) in [6.45, 7) is 6.76. The van der Waals surface area contributed by atoms with Crippen molar-refractivity contribution in [2.24, 2.45) is 0 Å². The van der Waals surface area contributed by atoms with Crippen LogP contribution in [-0.4, -0.2) is 75.5 Å². The molecule has 1 aliphatic heterocycles. The summed E-state index contributed by atoms with van der Waals surface area (Å²) in [4.78, 5) is 15.0. The highest BCUT2D eigenvalue weighted by molar-refractivity contribution is 7.89. The lowest BCUT2D eigenvalue weighted by Gasteiger charge is -2.34. The Morgan fingerprint density at radius 2 is 1.50 bits per heavy atom. The van der Waals surface area contributed by atoms with Gasteiger partial charge in [-0.3, -0.25) is 4.79 Å². The number of aryl methyl sites for hydroxylation is 1. The molecule has 32 heavy (non-hydrogen) atoms. The third-order valence-electron chi connectivity index (χ3n) is 5.67. The van der Waals surface area contributed by atoms with Crippen molar-refractivity contribution >= 4 is 26.0 Å². The summed E-state index contributed by atoms with van der Waals surface area (Å²) in [5.41, 5.74) is 0.855. The van der Waals surface area contributed by atoms with Crippen LogP contribution in [0.1, 0.15) is 29.8 Å². The number of carbonyl (C=O) groups excluding carboxylic acids is 1. The maximum atomic E-state index is 13.1. The lowest BCUT2D eigenvalue weighted by Crippen LogP contribution is -2.50. The summed E-state index contributed by atoms with van der Waals surface area (Å²) in [5.74, 6) is -0.308. The lowest BCUT2D eigenvalue weighted by atomic mass is 10.1. The zero-order valence-electron chi connectivity index (χ0n) is 18.6. The van der Waals surface area contributed by atoms with Crippen LogP contribution >= 0.6 is 0 Å². The van der Waals surface area contributed by atoms with Gasteiger partial charge in [-0.25, -0.2) is 16.8 Å². The van der Waals surface area contributed by atoms with Crippen LogP contribution in [0.5, 0.6) is 0 Å². The number of piperazine rings is 1. The van der Waals surface area contributed by atoms with E-state index < -0.39 is 20.0 Å². The Bertz CT molecular complexity index is 1170. The zero-order valence-corrected chi connectivity index (χ0v) is 20.2. The van der Waals surface area contributed by atoms with Crippen LogP contribution < -0.4 is 0 Å². The van der Waals surface area contributed by atoms with Crippen LogP contribution in [0, 0.1) is 6.92 Å². The fourth-order valence-electron chi connectivity index (χ4n) is 3.77. The minimum Gasteiger partial charge on any atom is -0.336 e. The molecule has 2 aromatic carbocycles. The van der Waals surface area contributed by atoms with Crippen molar-refractivity contribution in [3.05, 3.63) is 59.7 Å². The van der Waals surface area contributed by atoms with E-state index in [0.29, 0.717) is 18.7 Å². The molecule has 1 heterocycles. The van der Waals surface area contributed by atoms with Crippen LogP contribution in [0.3, 0.4) is 0 Å². The largest absolute Gasteiger partial charge is 0.336 e. The molecule has 1 fully saturated rings. The zero-order chi connectivity index (χ0) is 23.5. The Hall–Kier alpha value is -2.27. The van der Waals surface area contributed by atoms with Gasteiger partial charge in [0, 0.05) is 44.8 Å². The smallest absolute Gasteiger partial charge is 0.253 e. The van der Waals surface area contributed by atoms with Gasteiger partial charge in [-0.2, -0.15) is 8.61 Å². The average Bonchev–Trinajstić information content (AvgIpc) is 2.80. The Balaban J connectivity index is 1.77. The first-order chi connectivity index (χ1) is 15.1. The van der Waals surface area contributed by atoms with E-state index in [0.717, 1.165) is 0 Å². The van der Waals surface area contributed by atoms with Crippen molar-refractivity contribution < 1.29 is 21.6 Å². The topological polar surface area (TPSA) is 95.1 Å². The number of sulfonamides is 2. The SMILES string of the molecule is CCN(CC)S(=O)(=O)c1cc(C(=O)N2CCN(S(=O)(=O)c3ccccc3)CC2)ccc1C. The number of amides is 1. The molecule has 0 bridgehead atoms. The standard InChI is InChI=1S/C22H29N3O5S2/c1-4-24(5-2)32(29,30)21-17-19(12-11-18(21)3)22(26)23-13-15-25(16-14-23)31(27,28)20-9-7-6-8-10-20/h6-12,17H,4-5,13-16H2,1-3H3. The van der Waals surface area contributed by atoms with Crippen LogP contribution in [-0.2, 0) is 20.0 Å². The normalized spacial score (nSPS) is 15.8. The van der Waals surface area contributed by atoms with Gasteiger partial charge < -0.3 is 4.90 Å². The van der Waals surface area contributed by atoms with Gasteiger partial charge in [0.15, 0.2) is 0 Å². The van der Waals surface area contributed by atoms with Crippen LogP contribution in [0.15, 0.2) is 58.3 Å². The molecular weight excluding hydrogens is 450 g/mol. The van der Waals surface area contributed by atoms with E-state index in [1.807, 2.05) is 0 Å². The number of nitrogens with zero attached hydrogens (tertiary/aromatic N) is 3. The molecule has 0 radical (unpaired) electrons. The highest BCUT2D eigenvalue weighted by Gasteiger charge is 2.31. The van der Waals surface area contributed by atoms with E-state index in [1.165, 1.54) is 14.7 Å². The second kappa shape index (κ2) is 9.70. The summed E-state index contributed by atoms with van der Waals surface area (Å²) in [6.07, 6.45) is 0. The molecule has 2 aromatic rings. The predicted octanol–water partition coefficient (Wildman–Crippen LogP) is 2.17. The van der Waals surface area contributed by atoms with Gasteiger partial charge in [-0.15, -0.1) is 0 Å². The molecule has 1 amide bonds. The van der Waals surface area contributed by atoms with E-state index in [4.69, 9.17) is 0 Å². The van der Waals surface area contributed by atoms with Crippen molar-refractivity contribution in [3.8, 4) is 0 Å². The predicted molar refractivity (Wildman–Crippen MR) is 122 cm³/mol. The second-order valence-corrected chi connectivity index (χ2v) is 11.4. The third-order valence-corrected chi connectivity index (χ3v) is 9.77. The molecule has 0 atom stereocenters. The van der Waals surface area contributed by atoms with Gasteiger partial charge in [0.05, 0.1) is 9.79 Å². The monoisotopic (exact) mass is 479 g/mol. The third kappa shape index (κ3) is 4.73. The molecule has 0 aromatic heterocycles. The van der Waals surface area contributed by atoms with Gasteiger partial charge in [0.25, 0.3) is 5.91 Å². The summed E-state index contributed by atoms with van der Waals surface area (Å²) in [5, 5.41) is 0. The van der Waals surface area contributed by atoms with Crippen LogP contribution in [0.2, 0.25) is 0 Å². The summed E-state index contributed by atoms with van der Waals surface area (Å²) in [7, 11) is -7.31. The fraction of sp³-hybridized carbons (Fsp3) is 0.409. The first kappa shape index (κ1) is 24.4. The molecule has 0 spiro atoms. The fourth-order valence-corrected chi connectivity index (χ4v) is 6.92. The minimum absolute atomic E-state index is 0.123. The van der Waals surface area contributed by atoms with Crippen molar-refractivity contribution in [3.63, 3.8) is 0 Å². The number of hydrogen-bond acceptors (Lipinski definition) is 5. The molecule has 0 saturated carbocycles. The maximum Gasteiger partial charge on any atom is 0.253 e. The van der Waals surface area contributed by atoms with E-state index in [9.17, 15) is 21.6 Å². The Labute approximate surface area is 190 Å². The number of carbonyl (C=O) groups is 1. The first-order valence-corrected chi connectivity index (χ1v) is 13.5. The highest BCUT2D eigenvalue weighted by Crippen LogP contribution is 2.23. The molecule has 0 N–H and O–H groups in total. The number of benzene rings is 2. The average molecular weight is 480 g/mol. The Morgan fingerprint density at radius 3 is 2.06 bits per heavy atom. The van der Waals surface area contributed by atoms with Crippen molar-refractivity contribution in [2.75, 3.05) is 39.3 Å². The van der Waals surface area contributed by atoms with Gasteiger partial charge >= 0.3 is 0 Å². The molecule has 8 nitrogen and oxygen atoms in total. The molecule has 1 saturated heterocycles. The lowest BCUT2D eigenvalue weighted by molar-refractivity contribution is 0.0697. The molecular formula is C22H29N3O5S2. The minimum atomic E-state index is -3.70. The van der Waals surface area contributed by atoms with E-state index in [-0.39, 0.29) is 47.4 Å². The van der Waals surface area contributed by atoms with Gasteiger partial charge in [0.2, 0.25) is 20.0 Å². The van der Waals surface area contributed by atoms with Gasteiger partial charge in [-0.1, -0.05) is 38.1 Å². The summed E-state index contributed by atoms with van der Waals surface area (Å²) >= 11 is 0. The van der Waals surface area contributed by atoms with Crippen molar-refractivity contribution in [2.45, 2.75) is 30.6 Å². The quantitative estimate of drug-likeness (QED) is 0.607. The van der Waals surface area contributed by atoms with E-state index >= 15 is 0 Å². The van der Waals surface area contributed by atoms with Crippen LogP contribution in [0.25, 0.3) is 0 Å². The maximum absolute atomic E-state index is 13.1. The molecule has 1 aliphatic rings. The summed E-state index contributed by atoms with van der Waals surface area (Å²) in [6, 6.07) is 12.9. The number of hydrogen-bond donors (Lipinski definition) is 0. The first-order valence-electron chi connectivity index (χ1n) is 10.6. The molecule has 174 valence electrons. The van der Waals surface area contributed by atoms with E-state index in [1.54, 1.807) is 68.1 Å². The van der Waals surface area contributed by atoms with Crippen molar-refractivity contribution in [1.29, 1.82) is 0 Å². The highest BCUT2D eigenvalue weighted by atomic mass is 32.2. The molecule has 10 heteroatoms. The van der Waals surface area contributed by atoms with E-state index in [2.05, 4.69) is 0 Å². The Morgan fingerprint density at radius 1 is 0.906 bits per heavy atom. The van der Waals surface area contributed by atoms with Gasteiger partial charge in [-0.05, 0) is 36.8 Å². The molecule has 3 rings (SSSR count). The number of rotatable bonds is 7. The summed E-state index contributed by atoms with van der Waals surface area (Å²) < 4.78 is 54.3. The molecule has 0 unspecified atom stereocenters. The second-order valence-electron chi connectivity index (χ2n) is 7.58.